The Morgan fingerprint density at radius 3 is 2.76 bits per heavy atom. The van der Waals surface area contributed by atoms with E-state index in [1.54, 1.807) is 36.5 Å². The van der Waals surface area contributed by atoms with Crippen LogP contribution in [0, 0.1) is 18.3 Å². The van der Waals surface area contributed by atoms with Crippen molar-refractivity contribution in [2.45, 2.75) is 19.8 Å². The number of nitrogens with zero attached hydrogens (tertiary/aromatic N) is 2. The summed E-state index contributed by atoms with van der Waals surface area (Å²) >= 11 is 0. The standard InChI is InChI=1S/C27H23N3O3/c1-19-17-22(33-27-21(18-28)9-5-15-29-27)13-14-24(19)30-26(31)12-6-16-32-25-11-4-8-20-7-2-3-10-23(20)25/h2-5,7-11,13-15,17H,6,12,16H2,1H3,(H,30,31). The maximum absolute atomic E-state index is 12.4. The number of hydrogen-bond acceptors (Lipinski definition) is 5. The van der Waals surface area contributed by atoms with Crippen molar-refractivity contribution in [3.63, 3.8) is 0 Å². The highest BCUT2D eigenvalue weighted by atomic mass is 16.5. The first-order valence-corrected chi connectivity index (χ1v) is 10.7. The predicted molar refractivity (Wildman–Crippen MR) is 128 cm³/mol. The molecule has 0 fully saturated rings. The number of pyridine rings is 1. The first kappa shape index (κ1) is 21.8. The van der Waals surface area contributed by atoms with Crippen LogP contribution in [0.4, 0.5) is 5.69 Å². The largest absolute Gasteiger partial charge is 0.493 e. The van der Waals surface area contributed by atoms with E-state index in [0.717, 1.165) is 22.1 Å². The molecule has 0 aliphatic carbocycles. The molecule has 33 heavy (non-hydrogen) atoms. The van der Waals surface area contributed by atoms with Crippen LogP contribution in [-0.2, 0) is 4.79 Å². The number of hydrogen-bond donors (Lipinski definition) is 1. The summed E-state index contributed by atoms with van der Waals surface area (Å²) < 4.78 is 11.6. The molecular weight excluding hydrogens is 414 g/mol. The second-order valence-corrected chi connectivity index (χ2v) is 7.52. The molecule has 0 spiro atoms. The van der Waals surface area contributed by atoms with Crippen molar-refractivity contribution in [2.24, 2.45) is 0 Å². The van der Waals surface area contributed by atoms with Crippen LogP contribution in [0.5, 0.6) is 17.4 Å². The van der Waals surface area contributed by atoms with Crippen LogP contribution in [0.25, 0.3) is 10.8 Å². The van der Waals surface area contributed by atoms with Crippen LogP contribution in [0.15, 0.2) is 79.0 Å². The minimum absolute atomic E-state index is 0.0789. The summed E-state index contributed by atoms with van der Waals surface area (Å²) in [5, 5.41) is 14.3. The number of fused-ring (bicyclic) bond motifs is 1. The van der Waals surface area contributed by atoms with E-state index in [9.17, 15) is 4.79 Å². The lowest BCUT2D eigenvalue weighted by molar-refractivity contribution is -0.116. The monoisotopic (exact) mass is 437 g/mol. The van der Waals surface area contributed by atoms with Gasteiger partial charge in [-0.1, -0.05) is 36.4 Å². The molecule has 0 aliphatic heterocycles. The molecule has 0 saturated carbocycles. The normalized spacial score (nSPS) is 10.4. The van der Waals surface area contributed by atoms with E-state index in [4.69, 9.17) is 14.7 Å². The number of aromatic nitrogens is 1. The smallest absolute Gasteiger partial charge is 0.237 e. The zero-order valence-electron chi connectivity index (χ0n) is 18.2. The summed E-state index contributed by atoms with van der Waals surface area (Å²) in [6.45, 7) is 2.34. The SMILES string of the molecule is Cc1cc(Oc2ncccc2C#N)ccc1NC(=O)CCCOc1cccc2ccccc12. The van der Waals surface area contributed by atoms with E-state index in [1.807, 2.05) is 49.4 Å². The predicted octanol–water partition coefficient (Wildman–Crippen LogP) is 6.00. The van der Waals surface area contributed by atoms with Gasteiger partial charge in [-0.25, -0.2) is 4.98 Å². The topological polar surface area (TPSA) is 84.2 Å². The molecule has 164 valence electrons. The van der Waals surface area contributed by atoms with E-state index >= 15 is 0 Å². The van der Waals surface area contributed by atoms with E-state index in [1.165, 1.54) is 0 Å². The summed E-state index contributed by atoms with van der Waals surface area (Å²) in [4.78, 5) is 16.5. The molecule has 0 saturated heterocycles. The Balaban J connectivity index is 1.29. The Morgan fingerprint density at radius 1 is 1.06 bits per heavy atom. The Hall–Kier alpha value is -4.37. The number of anilines is 1. The van der Waals surface area contributed by atoms with Gasteiger partial charge in [0.25, 0.3) is 0 Å². The first-order valence-electron chi connectivity index (χ1n) is 10.7. The molecule has 3 aromatic carbocycles. The lowest BCUT2D eigenvalue weighted by Gasteiger charge is -2.12. The molecular formula is C27H23N3O3. The van der Waals surface area contributed by atoms with Crippen molar-refractivity contribution in [1.29, 1.82) is 5.26 Å². The van der Waals surface area contributed by atoms with Crippen LogP contribution in [0.3, 0.4) is 0 Å². The minimum Gasteiger partial charge on any atom is -0.493 e. The third kappa shape index (κ3) is 5.46. The minimum atomic E-state index is -0.0789. The maximum Gasteiger partial charge on any atom is 0.237 e. The molecule has 1 heterocycles. The molecule has 1 N–H and O–H groups in total. The highest BCUT2D eigenvalue weighted by Crippen LogP contribution is 2.27. The van der Waals surface area contributed by atoms with Gasteiger partial charge in [-0.15, -0.1) is 0 Å². The van der Waals surface area contributed by atoms with E-state index in [2.05, 4.69) is 16.4 Å². The molecule has 0 bridgehead atoms. The average Bonchev–Trinajstić information content (AvgIpc) is 2.84. The molecule has 4 rings (SSSR count). The van der Waals surface area contributed by atoms with Crippen molar-refractivity contribution < 1.29 is 14.3 Å². The summed E-state index contributed by atoms with van der Waals surface area (Å²) in [7, 11) is 0. The number of rotatable bonds is 8. The lowest BCUT2D eigenvalue weighted by Crippen LogP contribution is -2.13. The number of carbonyl (C=O) groups excluding carboxylic acids is 1. The molecule has 0 atom stereocenters. The van der Waals surface area contributed by atoms with Gasteiger partial charge < -0.3 is 14.8 Å². The van der Waals surface area contributed by atoms with Gasteiger partial charge in [-0.05, 0) is 60.7 Å². The zero-order valence-corrected chi connectivity index (χ0v) is 18.2. The fourth-order valence-electron chi connectivity index (χ4n) is 3.46. The maximum atomic E-state index is 12.4. The fraction of sp³-hybridized carbons (Fsp3) is 0.148. The lowest BCUT2D eigenvalue weighted by atomic mass is 10.1. The zero-order chi connectivity index (χ0) is 23.0. The van der Waals surface area contributed by atoms with Gasteiger partial charge in [-0.3, -0.25) is 4.79 Å². The van der Waals surface area contributed by atoms with Crippen molar-refractivity contribution in [2.75, 3.05) is 11.9 Å². The number of nitrogens with one attached hydrogen (secondary N) is 1. The highest BCUT2D eigenvalue weighted by Gasteiger charge is 2.09. The third-order valence-electron chi connectivity index (χ3n) is 5.13. The van der Waals surface area contributed by atoms with Gasteiger partial charge >= 0.3 is 0 Å². The number of ether oxygens (including phenoxy) is 2. The van der Waals surface area contributed by atoms with Crippen LogP contribution in [0.2, 0.25) is 0 Å². The molecule has 6 heteroatoms. The Kier molecular flexibility index (Phi) is 6.81. The van der Waals surface area contributed by atoms with Crippen LogP contribution in [0.1, 0.15) is 24.0 Å². The van der Waals surface area contributed by atoms with Crippen molar-refractivity contribution in [3.05, 3.63) is 90.1 Å². The fourth-order valence-corrected chi connectivity index (χ4v) is 3.46. The Bertz CT molecular complexity index is 1320. The number of aryl methyl sites for hydroxylation is 1. The second kappa shape index (κ2) is 10.3. The Morgan fingerprint density at radius 2 is 1.91 bits per heavy atom. The number of benzene rings is 3. The summed E-state index contributed by atoms with van der Waals surface area (Å²) in [6, 6.07) is 24.7. The van der Waals surface area contributed by atoms with Gasteiger partial charge in [0.1, 0.15) is 23.1 Å². The van der Waals surface area contributed by atoms with Crippen LogP contribution in [-0.4, -0.2) is 17.5 Å². The van der Waals surface area contributed by atoms with E-state index in [0.29, 0.717) is 36.4 Å². The molecule has 0 aliphatic rings. The van der Waals surface area contributed by atoms with E-state index in [-0.39, 0.29) is 11.8 Å². The first-order chi connectivity index (χ1) is 16.1. The van der Waals surface area contributed by atoms with Crippen molar-refractivity contribution in [1.82, 2.24) is 4.98 Å². The van der Waals surface area contributed by atoms with Gasteiger partial charge in [0, 0.05) is 23.7 Å². The number of carbonyl (C=O) groups is 1. The van der Waals surface area contributed by atoms with Gasteiger partial charge in [0.2, 0.25) is 11.8 Å². The average molecular weight is 437 g/mol. The Labute approximate surface area is 192 Å². The summed E-state index contributed by atoms with van der Waals surface area (Å²) in [5.74, 6) is 1.55. The quantitative estimate of drug-likeness (QED) is 0.342. The van der Waals surface area contributed by atoms with Gasteiger partial charge in [0.15, 0.2) is 0 Å². The number of nitriles is 1. The summed E-state index contributed by atoms with van der Waals surface area (Å²) in [6.07, 6.45) is 2.52. The van der Waals surface area contributed by atoms with Crippen molar-refractivity contribution in [3.8, 4) is 23.4 Å². The molecule has 6 nitrogen and oxygen atoms in total. The van der Waals surface area contributed by atoms with Crippen LogP contribution >= 0.6 is 0 Å². The molecule has 0 unspecified atom stereocenters. The van der Waals surface area contributed by atoms with Gasteiger partial charge in [-0.2, -0.15) is 5.26 Å². The molecule has 4 aromatic rings. The molecule has 1 amide bonds. The molecule has 0 radical (unpaired) electrons. The summed E-state index contributed by atoms with van der Waals surface area (Å²) in [5.41, 5.74) is 1.92. The second-order valence-electron chi connectivity index (χ2n) is 7.52. The van der Waals surface area contributed by atoms with Crippen molar-refractivity contribution >= 4 is 22.4 Å². The van der Waals surface area contributed by atoms with Crippen LogP contribution < -0.4 is 14.8 Å². The highest BCUT2D eigenvalue weighted by molar-refractivity contribution is 5.91. The molecule has 1 aromatic heterocycles. The van der Waals surface area contributed by atoms with Gasteiger partial charge in [0.05, 0.1) is 6.61 Å². The third-order valence-corrected chi connectivity index (χ3v) is 5.13. The number of amides is 1. The van der Waals surface area contributed by atoms with E-state index < -0.39 is 0 Å².